The Morgan fingerprint density at radius 3 is 2.33 bits per heavy atom. The lowest BCUT2D eigenvalue weighted by Gasteiger charge is -2.14. The number of rotatable bonds is 3. The number of carboxylic acid groups (broad SMARTS) is 1. The number of aromatic carboxylic acids is 1. The summed E-state index contributed by atoms with van der Waals surface area (Å²) in [4.78, 5) is 24.2. The molecular formula is C12H19N3O3. The van der Waals surface area contributed by atoms with Crippen LogP contribution in [0.25, 0.3) is 0 Å². The first-order chi connectivity index (χ1) is 8.12. The van der Waals surface area contributed by atoms with Crippen molar-refractivity contribution in [2.24, 2.45) is 0 Å². The molecular weight excluding hydrogens is 234 g/mol. The van der Waals surface area contributed by atoms with Crippen LogP contribution in [0.2, 0.25) is 0 Å². The minimum Gasteiger partial charge on any atom is -0.477 e. The Morgan fingerprint density at radius 1 is 1.39 bits per heavy atom. The molecule has 1 amide bonds. The average Bonchev–Trinajstić information content (AvgIpc) is 2.60. The van der Waals surface area contributed by atoms with E-state index in [1.165, 1.54) is 15.6 Å². The van der Waals surface area contributed by atoms with Gasteiger partial charge in [0, 0.05) is 19.5 Å². The summed E-state index contributed by atoms with van der Waals surface area (Å²) in [5.41, 5.74) is 0.443. The van der Waals surface area contributed by atoms with Crippen molar-refractivity contribution in [3.63, 3.8) is 0 Å². The number of carboxylic acids is 1. The molecule has 1 rings (SSSR count). The Bertz CT molecular complexity index is 469. The van der Waals surface area contributed by atoms with Crippen LogP contribution in [-0.2, 0) is 16.8 Å². The van der Waals surface area contributed by atoms with E-state index in [0.717, 1.165) is 0 Å². The standard InChI is InChI=1S/C12H19N3O3/c1-12(2,3)9-6-8(11(17)18)15(13-9)7-10(16)14(4)5/h6H,7H2,1-5H3,(H,17,18). The summed E-state index contributed by atoms with van der Waals surface area (Å²) in [5, 5.41) is 13.3. The molecule has 0 aliphatic carbocycles. The van der Waals surface area contributed by atoms with Gasteiger partial charge in [0.1, 0.15) is 12.2 Å². The minimum atomic E-state index is -1.08. The molecule has 0 saturated carbocycles. The van der Waals surface area contributed by atoms with E-state index in [1.54, 1.807) is 14.1 Å². The zero-order chi connectivity index (χ0) is 14.1. The number of carbonyl (C=O) groups excluding carboxylic acids is 1. The van der Waals surface area contributed by atoms with Crippen LogP contribution in [0.3, 0.4) is 0 Å². The number of hydrogen-bond acceptors (Lipinski definition) is 3. The maximum atomic E-state index is 11.6. The first-order valence-corrected chi connectivity index (χ1v) is 5.64. The fourth-order valence-corrected chi connectivity index (χ4v) is 1.35. The summed E-state index contributed by atoms with van der Waals surface area (Å²) in [5.74, 6) is -1.27. The molecule has 1 N–H and O–H groups in total. The Balaban J connectivity index is 3.14. The molecule has 100 valence electrons. The van der Waals surface area contributed by atoms with Gasteiger partial charge in [-0.05, 0) is 6.07 Å². The average molecular weight is 253 g/mol. The number of aromatic nitrogens is 2. The molecule has 1 heterocycles. The smallest absolute Gasteiger partial charge is 0.354 e. The molecule has 0 radical (unpaired) electrons. The van der Waals surface area contributed by atoms with E-state index in [-0.39, 0.29) is 23.6 Å². The van der Waals surface area contributed by atoms with Crippen LogP contribution in [0.15, 0.2) is 6.07 Å². The highest BCUT2D eigenvalue weighted by atomic mass is 16.4. The molecule has 0 aliphatic heterocycles. The van der Waals surface area contributed by atoms with Crippen LogP contribution in [0.5, 0.6) is 0 Å². The van der Waals surface area contributed by atoms with Gasteiger partial charge in [0.25, 0.3) is 0 Å². The molecule has 6 nitrogen and oxygen atoms in total. The third-order valence-corrected chi connectivity index (χ3v) is 2.55. The molecule has 0 aromatic carbocycles. The maximum absolute atomic E-state index is 11.6. The van der Waals surface area contributed by atoms with Crippen molar-refractivity contribution in [2.45, 2.75) is 32.7 Å². The lowest BCUT2D eigenvalue weighted by molar-refractivity contribution is -0.129. The van der Waals surface area contributed by atoms with Gasteiger partial charge in [-0.1, -0.05) is 20.8 Å². The van der Waals surface area contributed by atoms with Crippen molar-refractivity contribution >= 4 is 11.9 Å². The Labute approximate surface area is 106 Å². The third-order valence-electron chi connectivity index (χ3n) is 2.55. The van der Waals surface area contributed by atoms with Crippen LogP contribution in [0.1, 0.15) is 37.0 Å². The fraction of sp³-hybridized carbons (Fsp3) is 0.583. The largest absolute Gasteiger partial charge is 0.477 e. The summed E-state index contributed by atoms with van der Waals surface area (Å²) in [6.07, 6.45) is 0. The van der Waals surface area contributed by atoms with Crippen molar-refractivity contribution in [3.8, 4) is 0 Å². The van der Waals surface area contributed by atoms with Gasteiger partial charge in [-0.2, -0.15) is 5.10 Å². The first kappa shape index (κ1) is 14.2. The molecule has 0 fully saturated rings. The van der Waals surface area contributed by atoms with E-state index >= 15 is 0 Å². The summed E-state index contributed by atoms with van der Waals surface area (Å²) in [7, 11) is 3.24. The molecule has 6 heteroatoms. The van der Waals surface area contributed by atoms with Crippen LogP contribution >= 0.6 is 0 Å². The fourth-order valence-electron chi connectivity index (χ4n) is 1.35. The highest BCUT2D eigenvalue weighted by molar-refractivity contribution is 5.86. The first-order valence-electron chi connectivity index (χ1n) is 5.64. The van der Waals surface area contributed by atoms with Gasteiger partial charge in [0.05, 0.1) is 5.69 Å². The second-order valence-corrected chi connectivity index (χ2v) is 5.42. The topological polar surface area (TPSA) is 75.4 Å². The summed E-state index contributed by atoms with van der Waals surface area (Å²) in [6.45, 7) is 5.77. The van der Waals surface area contributed by atoms with Gasteiger partial charge in [0.15, 0.2) is 0 Å². The van der Waals surface area contributed by atoms with Gasteiger partial charge >= 0.3 is 5.97 Å². The molecule has 0 bridgehead atoms. The number of nitrogens with zero attached hydrogens (tertiary/aromatic N) is 3. The molecule has 0 saturated heterocycles. The Morgan fingerprint density at radius 2 is 1.94 bits per heavy atom. The van der Waals surface area contributed by atoms with Gasteiger partial charge < -0.3 is 10.0 Å². The van der Waals surface area contributed by atoms with E-state index in [1.807, 2.05) is 20.8 Å². The van der Waals surface area contributed by atoms with E-state index in [0.29, 0.717) is 5.69 Å². The quantitative estimate of drug-likeness (QED) is 0.870. The van der Waals surface area contributed by atoms with E-state index in [4.69, 9.17) is 5.11 Å². The minimum absolute atomic E-state index is 0.0372. The molecule has 0 spiro atoms. The predicted molar refractivity (Wildman–Crippen MR) is 66.6 cm³/mol. The highest BCUT2D eigenvalue weighted by Gasteiger charge is 2.23. The number of carbonyl (C=O) groups is 2. The van der Waals surface area contributed by atoms with Crippen molar-refractivity contribution < 1.29 is 14.7 Å². The second kappa shape index (κ2) is 4.80. The molecule has 0 unspecified atom stereocenters. The van der Waals surface area contributed by atoms with Crippen molar-refractivity contribution in [1.82, 2.24) is 14.7 Å². The maximum Gasteiger partial charge on any atom is 0.354 e. The molecule has 18 heavy (non-hydrogen) atoms. The second-order valence-electron chi connectivity index (χ2n) is 5.42. The van der Waals surface area contributed by atoms with Gasteiger partial charge in [-0.3, -0.25) is 4.79 Å². The lowest BCUT2D eigenvalue weighted by atomic mass is 9.92. The van der Waals surface area contributed by atoms with Gasteiger partial charge in [0.2, 0.25) is 5.91 Å². The normalized spacial score (nSPS) is 11.4. The van der Waals surface area contributed by atoms with Crippen LogP contribution in [0, 0.1) is 0 Å². The van der Waals surface area contributed by atoms with Gasteiger partial charge in [-0.25, -0.2) is 9.48 Å². The van der Waals surface area contributed by atoms with Gasteiger partial charge in [-0.15, -0.1) is 0 Å². The van der Waals surface area contributed by atoms with E-state index in [2.05, 4.69) is 5.10 Å². The van der Waals surface area contributed by atoms with E-state index in [9.17, 15) is 9.59 Å². The lowest BCUT2D eigenvalue weighted by Crippen LogP contribution is -2.28. The molecule has 0 atom stereocenters. The van der Waals surface area contributed by atoms with Crippen LogP contribution < -0.4 is 0 Å². The Hall–Kier alpha value is -1.85. The SMILES string of the molecule is CN(C)C(=O)Cn1nc(C(C)(C)C)cc1C(=O)O. The third kappa shape index (κ3) is 3.09. The summed E-state index contributed by atoms with van der Waals surface area (Å²) >= 11 is 0. The summed E-state index contributed by atoms with van der Waals surface area (Å²) < 4.78 is 1.24. The van der Waals surface area contributed by atoms with Crippen molar-refractivity contribution in [2.75, 3.05) is 14.1 Å². The molecule has 1 aromatic heterocycles. The number of amides is 1. The zero-order valence-electron chi connectivity index (χ0n) is 11.4. The van der Waals surface area contributed by atoms with Crippen molar-refractivity contribution in [1.29, 1.82) is 0 Å². The number of likely N-dealkylation sites (N-methyl/N-ethyl adjacent to an activating group) is 1. The van der Waals surface area contributed by atoms with Crippen molar-refractivity contribution in [3.05, 3.63) is 17.5 Å². The van der Waals surface area contributed by atoms with Crippen LogP contribution in [0.4, 0.5) is 0 Å². The zero-order valence-corrected chi connectivity index (χ0v) is 11.4. The van der Waals surface area contributed by atoms with Crippen LogP contribution in [-0.4, -0.2) is 45.8 Å². The number of hydrogen-bond donors (Lipinski definition) is 1. The monoisotopic (exact) mass is 253 g/mol. The predicted octanol–water partition coefficient (Wildman–Crippen LogP) is 0.967. The summed E-state index contributed by atoms with van der Waals surface area (Å²) in [6, 6.07) is 1.52. The van der Waals surface area contributed by atoms with E-state index < -0.39 is 5.97 Å². The Kier molecular flexibility index (Phi) is 3.79. The molecule has 1 aromatic rings. The molecule has 0 aliphatic rings. The highest BCUT2D eigenvalue weighted by Crippen LogP contribution is 2.21.